The maximum Gasteiger partial charge on any atom is 0.0655 e. The van der Waals surface area contributed by atoms with E-state index >= 15 is 0 Å². The van der Waals surface area contributed by atoms with Crippen molar-refractivity contribution in [1.29, 1.82) is 5.26 Å². The predicted molar refractivity (Wildman–Crippen MR) is 94.4 cm³/mol. The van der Waals surface area contributed by atoms with Crippen molar-refractivity contribution in [3.05, 3.63) is 12.2 Å². The molecule has 1 nitrogen and oxygen atoms in total. The first kappa shape index (κ1) is 17.6. The molecule has 2 aliphatic carbocycles. The van der Waals surface area contributed by atoms with Gasteiger partial charge in [0.05, 0.1) is 6.07 Å². The molecule has 2 rings (SSSR count). The van der Waals surface area contributed by atoms with E-state index in [9.17, 15) is 0 Å². The third-order valence-corrected chi connectivity index (χ3v) is 6.04. The van der Waals surface area contributed by atoms with E-state index in [0.29, 0.717) is 5.92 Å². The summed E-state index contributed by atoms with van der Waals surface area (Å²) >= 11 is 0. The molecule has 0 heterocycles. The van der Waals surface area contributed by atoms with Gasteiger partial charge in [-0.2, -0.15) is 5.26 Å². The molecule has 0 radical (unpaired) electrons. The van der Waals surface area contributed by atoms with Gasteiger partial charge in [0.1, 0.15) is 0 Å². The van der Waals surface area contributed by atoms with Gasteiger partial charge in [0.15, 0.2) is 0 Å². The van der Waals surface area contributed by atoms with Crippen LogP contribution in [0, 0.1) is 35.0 Å². The molecule has 22 heavy (non-hydrogen) atoms. The minimum Gasteiger partial charge on any atom is -0.198 e. The number of allylic oxidation sites excluding steroid dienone is 2. The van der Waals surface area contributed by atoms with E-state index in [1.54, 1.807) is 0 Å². The second kappa shape index (κ2) is 10.1. The van der Waals surface area contributed by atoms with Crippen molar-refractivity contribution in [1.82, 2.24) is 0 Å². The molecule has 0 aliphatic heterocycles. The molecule has 0 spiro atoms. The standard InChI is InChI=1S/C21H35N/c1-2-3-4-5-6-18-7-9-19(10-8-18)11-12-20-13-15-21(17-22)16-14-20/h5-6,18-21H,2-4,7-16H2,1H3/b6-5+/t18-,19-,20-,21-. The summed E-state index contributed by atoms with van der Waals surface area (Å²) in [6.07, 6.45) is 22.5. The molecule has 2 aliphatic rings. The molecule has 1 heteroatoms. The molecule has 2 saturated carbocycles. The first-order valence-electron chi connectivity index (χ1n) is 9.88. The molecular formula is C21H35N. The van der Waals surface area contributed by atoms with E-state index in [-0.39, 0.29) is 0 Å². The zero-order chi connectivity index (χ0) is 15.6. The Balaban J connectivity index is 1.56. The van der Waals surface area contributed by atoms with Crippen molar-refractivity contribution >= 4 is 0 Å². The summed E-state index contributed by atoms with van der Waals surface area (Å²) in [5, 5.41) is 8.97. The van der Waals surface area contributed by atoms with E-state index in [1.165, 1.54) is 70.6 Å². The molecule has 0 amide bonds. The first-order valence-corrected chi connectivity index (χ1v) is 9.88. The molecular weight excluding hydrogens is 266 g/mol. The third kappa shape index (κ3) is 6.15. The largest absolute Gasteiger partial charge is 0.198 e. The lowest BCUT2D eigenvalue weighted by molar-refractivity contribution is 0.242. The second-order valence-electron chi connectivity index (χ2n) is 7.78. The Labute approximate surface area is 138 Å². The Morgan fingerprint density at radius 2 is 1.50 bits per heavy atom. The van der Waals surface area contributed by atoms with Crippen LogP contribution in [0.4, 0.5) is 0 Å². The summed E-state index contributed by atoms with van der Waals surface area (Å²) in [5.41, 5.74) is 0. The highest BCUT2D eigenvalue weighted by Crippen LogP contribution is 2.36. The number of nitriles is 1. The number of hydrogen-bond donors (Lipinski definition) is 0. The van der Waals surface area contributed by atoms with E-state index in [4.69, 9.17) is 5.26 Å². The molecule has 0 aromatic heterocycles. The van der Waals surface area contributed by atoms with Crippen molar-refractivity contribution in [2.75, 3.05) is 0 Å². The highest BCUT2D eigenvalue weighted by molar-refractivity contribution is 4.91. The van der Waals surface area contributed by atoms with Gasteiger partial charge in [0.25, 0.3) is 0 Å². The average molecular weight is 302 g/mol. The van der Waals surface area contributed by atoms with Crippen LogP contribution >= 0.6 is 0 Å². The number of hydrogen-bond acceptors (Lipinski definition) is 1. The van der Waals surface area contributed by atoms with E-state index < -0.39 is 0 Å². The molecule has 124 valence electrons. The lowest BCUT2D eigenvalue weighted by atomic mass is 9.76. The fourth-order valence-corrected chi connectivity index (χ4v) is 4.33. The molecule has 0 atom stereocenters. The molecule has 2 fully saturated rings. The van der Waals surface area contributed by atoms with Crippen LogP contribution in [-0.4, -0.2) is 0 Å². The predicted octanol–water partition coefficient (Wildman–Crippen LogP) is 6.65. The first-order chi connectivity index (χ1) is 10.8. The van der Waals surface area contributed by atoms with Crippen molar-refractivity contribution in [3.63, 3.8) is 0 Å². The Bertz CT molecular complexity index is 349. The van der Waals surface area contributed by atoms with Crippen LogP contribution in [0.5, 0.6) is 0 Å². The molecule has 0 aromatic carbocycles. The monoisotopic (exact) mass is 301 g/mol. The van der Waals surface area contributed by atoms with Crippen LogP contribution in [0.2, 0.25) is 0 Å². The van der Waals surface area contributed by atoms with Crippen LogP contribution in [0.1, 0.15) is 90.4 Å². The summed E-state index contributed by atoms with van der Waals surface area (Å²) in [6.45, 7) is 2.27. The number of nitrogens with zero attached hydrogens (tertiary/aromatic N) is 1. The van der Waals surface area contributed by atoms with Crippen LogP contribution in [0.15, 0.2) is 12.2 Å². The van der Waals surface area contributed by atoms with Gasteiger partial charge >= 0.3 is 0 Å². The lowest BCUT2D eigenvalue weighted by Crippen LogP contribution is -2.17. The smallest absolute Gasteiger partial charge is 0.0655 e. The SMILES string of the molecule is CCCC/C=C/[C@H]1CC[C@H](CC[C@H]2CC[C@H](C#N)CC2)CC1. The minimum atomic E-state index is 0.367. The van der Waals surface area contributed by atoms with Gasteiger partial charge in [-0.15, -0.1) is 0 Å². The van der Waals surface area contributed by atoms with Crippen molar-refractivity contribution in [3.8, 4) is 6.07 Å². The van der Waals surface area contributed by atoms with Crippen molar-refractivity contribution in [2.45, 2.75) is 90.4 Å². The van der Waals surface area contributed by atoms with E-state index in [0.717, 1.165) is 30.6 Å². The summed E-state index contributed by atoms with van der Waals surface area (Å²) in [7, 11) is 0. The Kier molecular flexibility index (Phi) is 8.06. The van der Waals surface area contributed by atoms with Gasteiger partial charge in [0, 0.05) is 5.92 Å². The summed E-state index contributed by atoms with van der Waals surface area (Å²) in [6, 6.07) is 2.45. The molecule has 0 aromatic rings. The normalized spacial score (nSPS) is 32.9. The van der Waals surface area contributed by atoms with Crippen LogP contribution in [-0.2, 0) is 0 Å². The van der Waals surface area contributed by atoms with Gasteiger partial charge in [-0.25, -0.2) is 0 Å². The Hall–Kier alpha value is -0.770. The minimum absolute atomic E-state index is 0.367. The molecule has 0 unspecified atom stereocenters. The summed E-state index contributed by atoms with van der Waals surface area (Å²) in [5.74, 6) is 3.16. The maximum atomic E-state index is 8.97. The van der Waals surface area contributed by atoms with Gasteiger partial charge in [-0.1, -0.05) is 44.8 Å². The van der Waals surface area contributed by atoms with Crippen LogP contribution < -0.4 is 0 Å². The Morgan fingerprint density at radius 1 is 0.909 bits per heavy atom. The summed E-state index contributed by atoms with van der Waals surface area (Å²) < 4.78 is 0. The zero-order valence-corrected chi connectivity index (χ0v) is 14.6. The van der Waals surface area contributed by atoms with Crippen LogP contribution in [0.3, 0.4) is 0 Å². The van der Waals surface area contributed by atoms with E-state index in [2.05, 4.69) is 25.1 Å². The average Bonchev–Trinajstić information content (AvgIpc) is 2.58. The fourth-order valence-electron chi connectivity index (χ4n) is 4.33. The topological polar surface area (TPSA) is 23.8 Å². The Morgan fingerprint density at radius 3 is 2.05 bits per heavy atom. The third-order valence-electron chi connectivity index (χ3n) is 6.04. The number of unbranched alkanes of at least 4 members (excludes halogenated alkanes) is 2. The lowest BCUT2D eigenvalue weighted by Gasteiger charge is -2.30. The van der Waals surface area contributed by atoms with Gasteiger partial charge in [-0.05, 0) is 75.5 Å². The highest BCUT2D eigenvalue weighted by Gasteiger charge is 2.23. The quantitative estimate of drug-likeness (QED) is 0.381. The van der Waals surface area contributed by atoms with Gasteiger partial charge in [-0.3, -0.25) is 0 Å². The second-order valence-corrected chi connectivity index (χ2v) is 7.78. The molecule has 0 bridgehead atoms. The van der Waals surface area contributed by atoms with Crippen molar-refractivity contribution < 1.29 is 0 Å². The number of rotatable bonds is 7. The van der Waals surface area contributed by atoms with Crippen molar-refractivity contribution in [2.24, 2.45) is 23.7 Å². The van der Waals surface area contributed by atoms with E-state index in [1.807, 2.05) is 0 Å². The van der Waals surface area contributed by atoms with Gasteiger partial charge < -0.3 is 0 Å². The molecule has 0 N–H and O–H groups in total. The highest BCUT2D eigenvalue weighted by atomic mass is 14.3. The molecule has 0 saturated heterocycles. The zero-order valence-electron chi connectivity index (χ0n) is 14.6. The summed E-state index contributed by atoms with van der Waals surface area (Å²) in [4.78, 5) is 0. The van der Waals surface area contributed by atoms with Crippen LogP contribution in [0.25, 0.3) is 0 Å². The maximum absolute atomic E-state index is 8.97. The van der Waals surface area contributed by atoms with Gasteiger partial charge in [0.2, 0.25) is 0 Å². The fraction of sp³-hybridized carbons (Fsp3) is 0.857.